The van der Waals surface area contributed by atoms with E-state index in [4.69, 9.17) is 15.7 Å². The lowest BCUT2D eigenvalue weighted by Crippen LogP contribution is -2.48. The molecule has 0 bridgehead atoms. The van der Waals surface area contributed by atoms with Crippen LogP contribution in [0.5, 0.6) is 5.75 Å². The maximum atomic E-state index is 12.1. The van der Waals surface area contributed by atoms with Gasteiger partial charge in [0.15, 0.2) is 11.9 Å². The van der Waals surface area contributed by atoms with Gasteiger partial charge in [0.1, 0.15) is 5.75 Å². The van der Waals surface area contributed by atoms with Gasteiger partial charge in [0, 0.05) is 6.42 Å². The highest BCUT2D eigenvalue weighted by Gasteiger charge is 2.30. The fourth-order valence-electron chi connectivity index (χ4n) is 2.05. The first-order valence-corrected chi connectivity index (χ1v) is 6.18. The molecule has 1 aliphatic rings. The normalized spacial score (nSPS) is 19.4. The number of benzene rings is 1. The molecule has 1 amide bonds. The van der Waals surface area contributed by atoms with E-state index in [-0.39, 0.29) is 11.7 Å². The Morgan fingerprint density at radius 1 is 1.63 bits per heavy atom. The van der Waals surface area contributed by atoms with E-state index in [0.717, 1.165) is 11.3 Å². The molecule has 0 saturated carbocycles. The van der Waals surface area contributed by atoms with E-state index in [1.165, 1.54) is 0 Å². The van der Waals surface area contributed by atoms with E-state index in [0.29, 0.717) is 12.8 Å². The van der Waals surface area contributed by atoms with Crippen molar-refractivity contribution < 1.29 is 14.7 Å². The number of fused-ring (bicyclic) bond motifs is 1. The molecule has 2 unspecified atom stereocenters. The molecule has 6 nitrogen and oxygen atoms in total. The zero-order chi connectivity index (χ0) is 13.8. The second kappa shape index (κ2) is 5.60. The van der Waals surface area contributed by atoms with Crippen LogP contribution in [-0.4, -0.2) is 29.1 Å². The molecule has 0 saturated heterocycles. The average Bonchev–Trinajstić information content (AvgIpc) is 2.87. The molecule has 2 rings (SSSR count). The Hall–Kier alpha value is -2.24. The lowest BCUT2D eigenvalue weighted by molar-refractivity contribution is -0.127. The van der Waals surface area contributed by atoms with Gasteiger partial charge in [-0.25, -0.2) is 0 Å². The number of nitrogens with two attached hydrogens (primary N) is 1. The first-order chi connectivity index (χ1) is 9.15. The number of hydrogen-bond acceptors (Lipinski definition) is 4. The van der Waals surface area contributed by atoms with Crippen molar-refractivity contribution in [3.63, 3.8) is 0 Å². The van der Waals surface area contributed by atoms with E-state index in [2.05, 4.69) is 10.5 Å². The lowest BCUT2D eigenvalue weighted by Gasteiger charge is -2.18. The zero-order valence-electron chi connectivity index (χ0n) is 10.7. The molecule has 1 aromatic carbocycles. The predicted molar refractivity (Wildman–Crippen MR) is 70.2 cm³/mol. The number of oxime groups is 1. The summed E-state index contributed by atoms with van der Waals surface area (Å²) in [5.41, 5.74) is 6.52. The number of nitrogens with one attached hydrogen (secondary N) is 1. The fraction of sp³-hybridized carbons (Fsp3) is 0.385. The number of nitrogens with zero attached hydrogens (tertiary/aromatic N) is 1. The minimum Gasteiger partial charge on any atom is -0.480 e. The van der Waals surface area contributed by atoms with Gasteiger partial charge < -0.3 is 21.0 Å². The van der Waals surface area contributed by atoms with Crippen LogP contribution in [0, 0.1) is 0 Å². The molecular formula is C13H17N3O3. The third-order valence-electron chi connectivity index (χ3n) is 3.14. The average molecular weight is 263 g/mol. The molecule has 0 radical (unpaired) electrons. The Morgan fingerprint density at radius 2 is 2.37 bits per heavy atom. The quantitative estimate of drug-likeness (QED) is 0.321. The Labute approximate surface area is 111 Å². The molecule has 1 aromatic rings. The number of hydrogen-bond donors (Lipinski definition) is 3. The predicted octanol–water partition coefficient (Wildman–Crippen LogP) is 0.631. The van der Waals surface area contributed by atoms with Crippen LogP contribution in [0.15, 0.2) is 29.4 Å². The monoisotopic (exact) mass is 263 g/mol. The van der Waals surface area contributed by atoms with Crippen molar-refractivity contribution in [2.24, 2.45) is 10.9 Å². The van der Waals surface area contributed by atoms with Crippen LogP contribution >= 0.6 is 0 Å². The number of amides is 1. The van der Waals surface area contributed by atoms with E-state index in [9.17, 15) is 4.79 Å². The van der Waals surface area contributed by atoms with E-state index in [1.807, 2.05) is 31.2 Å². The highest BCUT2D eigenvalue weighted by molar-refractivity contribution is 5.91. The number of ether oxygens (including phenoxy) is 1. The van der Waals surface area contributed by atoms with Crippen LogP contribution in [0.2, 0.25) is 0 Å². The van der Waals surface area contributed by atoms with Crippen molar-refractivity contribution in [2.75, 3.05) is 0 Å². The SMILES string of the molecule is CCC(NC(=O)C1Cc2ccccc2O1)/C(N)=N/O. The van der Waals surface area contributed by atoms with E-state index < -0.39 is 12.1 Å². The van der Waals surface area contributed by atoms with Crippen LogP contribution in [0.1, 0.15) is 18.9 Å². The second-order valence-corrected chi connectivity index (χ2v) is 4.41. The lowest BCUT2D eigenvalue weighted by atomic mass is 10.1. The molecule has 4 N–H and O–H groups in total. The summed E-state index contributed by atoms with van der Waals surface area (Å²) >= 11 is 0. The number of carbonyl (C=O) groups excluding carboxylic acids is 1. The maximum absolute atomic E-state index is 12.1. The van der Waals surface area contributed by atoms with Crippen molar-refractivity contribution in [1.82, 2.24) is 5.32 Å². The molecule has 0 spiro atoms. The minimum absolute atomic E-state index is 0.00800. The van der Waals surface area contributed by atoms with Gasteiger partial charge in [-0.05, 0) is 18.1 Å². The largest absolute Gasteiger partial charge is 0.480 e. The summed E-state index contributed by atoms with van der Waals surface area (Å²) in [5.74, 6) is 0.473. The summed E-state index contributed by atoms with van der Waals surface area (Å²) in [6, 6.07) is 7.06. The molecule has 0 fully saturated rings. The third kappa shape index (κ3) is 2.78. The van der Waals surface area contributed by atoms with Gasteiger partial charge in [-0.1, -0.05) is 30.3 Å². The molecule has 2 atom stereocenters. The first-order valence-electron chi connectivity index (χ1n) is 6.18. The molecule has 1 heterocycles. The van der Waals surface area contributed by atoms with Gasteiger partial charge in [-0.2, -0.15) is 0 Å². The van der Waals surface area contributed by atoms with Crippen molar-refractivity contribution in [3.05, 3.63) is 29.8 Å². The summed E-state index contributed by atoms with van der Waals surface area (Å²) in [6.45, 7) is 1.84. The molecule has 0 aromatic heterocycles. The van der Waals surface area contributed by atoms with Gasteiger partial charge in [0.05, 0.1) is 6.04 Å². The number of rotatable bonds is 4. The van der Waals surface area contributed by atoms with Crippen molar-refractivity contribution in [3.8, 4) is 5.75 Å². The smallest absolute Gasteiger partial charge is 0.262 e. The second-order valence-electron chi connectivity index (χ2n) is 4.41. The van der Waals surface area contributed by atoms with Gasteiger partial charge in [0.2, 0.25) is 0 Å². The summed E-state index contributed by atoms with van der Waals surface area (Å²) in [5, 5.41) is 14.3. The Morgan fingerprint density at radius 3 is 3.00 bits per heavy atom. The van der Waals surface area contributed by atoms with Gasteiger partial charge in [-0.3, -0.25) is 4.79 Å². The zero-order valence-corrected chi connectivity index (χ0v) is 10.7. The minimum atomic E-state index is -0.557. The first kappa shape index (κ1) is 13.2. The molecule has 102 valence electrons. The maximum Gasteiger partial charge on any atom is 0.262 e. The van der Waals surface area contributed by atoms with Crippen LogP contribution in [0.3, 0.4) is 0 Å². The summed E-state index contributed by atoms with van der Waals surface area (Å²) in [7, 11) is 0. The van der Waals surface area contributed by atoms with Crippen molar-refractivity contribution in [1.29, 1.82) is 0 Å². The topological polar surface area (TPSA) is 96.9 Å². The van der Waals surface area contributed by atoms with Crippen molar-refractivity contribution in [2.45, 2.75) is 31.9 Å². The van der Waals surface area contributed by atoms with Crippen LogP contribution < -0.4 is 15.8 Å². The van der Waals surface area contributed by atoms with Crippen LogP contribution in [0.25, 0.3) is 0 Å². The van der Waals surface area contributed by atoms with Crippen molar-refractivity contribution >= 4 is 11.7 Å². The molecule has 1 aliphatic heterocycles. The fourth-order valence-corrected chi connectivity index (χ4v) is 2.05. The Kier molecular flexibility index (Phi) is 3.89. The van der Waals surface area contributed by atoms with Gasteiger partial charge in [0.25, 0.3) is 5.91 Å². The number of carbonyl (C=O) groups is 1. The molecule has 6 heteroatoms. The molecule has 19 heavy (non-hydrogen) atoms. The highest BCUT2D eigenvalue weighted by atomic mass is 16.5. The van der Waals surface area contributed by atoms with Gasteiger partial charge >= 0.3 is 0 Å². The summed E-state index contributed by atoms with van der Waals surface area (Å²) in [4.78, 5) is 12.1. The summed E-state index contributed by atoms with van der Waals surface area (Å²) < 4.78 is 5.57. The summed E-state index contributed by atoms with van der Waals surface area (Å²) in [6.07, 6.45) is 0.522. The van der Waals surface area contributed by atoms with E-state index in [1.54, 1.807) is 0 Å². The standard InChI is InChI=1S/C13H17N3O3/c1-2-9(12(14)16-18)15-13(17)11-7-8-5-3-4-6-10(8)19-11/h3-6,9,11,18H,2,7H2,1H3,(H2,14,16)(H,15,17). The van der Waals surface area contributed by atoms with Gasteiger partial charge in [-0.15, -0.1) is 0 Å². The van der Waals surface area contributed by atoms with E-state index >= 15 is 0 Å². The number of amidine groups is 1. The number of para-hydroxylation sites is 1. The Bertz CT molecular complexity index is 477. The van der Waals surface area contributed by atoms with Crippen LogP contribution in [-0.2, 0) is 11.2 Å². The Balaban J connectivity index is 1.99. The molecular weight excluding hydrogens is 246 g/mol. The third-order valence-corrected chi connectivity index (χ3v) is 3.14. The van der Waals surface area contributed by atoms with Crippen LogP contribution in [0.4, 0.5) is 0 Å². The highest BCUT2D eigenvalue weighted by Crippen LogP contribution is 2.28. The molecule has 0 aliphatic carbocycles.